The Hall–Kier alpha value is -3.78. The average molecular weight is 407 g/mol. The maximum absolute atomic E-state index is 11.9. The fourth-order valence-electron chi connectivity index (χ4n) is 2.30. The predicted molar refractivity (Wildman–Crippen MR) is 111 cm³/mol. The molecule has 0 spiro atoms. The van der Waals surface area contributed by atoms with E-state index in [2.05, 4.69) is 15.8 Å². The van der Waals surface area contributed by atoms with Gasteiger partial charge in [0.2, 0.25) is 0 Å². The molecule has 8 heteroatoms. The number of carbonyl (C=O) groups excluding carboxylic acids is 3. The van der Waals surface area contributed by atoms with Gasteiger partial charge in [0, 0.05) is 5.69 Å². The highest BCUT2D eigenvalue weighted by molar-refractivity contribution is 7.12. The van der Waals surface area contributed by atoms with Gasteiger partial charge in [0.1, 0.15) is 10.6 Å². The Morgan fingerprint density at radius 1 is 1.00 bits per heavy atom. The summed E-state index contributed by atoms with van der Waals surface area (Å²) in [5.41, 5.74) is 4.31. The van der Waals surface area contributed by atoms with Crippen molar-refractivity contribution in [2.24, 2.45) is 5.10 Å². The van der Waals surface area contributed by atoms with E-state index in [0.717, 1.165) is 5.56 Å². The van der Waals surface area contributed by atoms with E-state index in [4.69, 9.17) is 4.74 Å². The number of aryl methyl sites for hydroxylation is 1. The number of hydrogen-bond acceptors (Lipinski definition) is 6. The van der Waals surface area contributed by atoms with Crippen LogP contribution < -0.4 is 15.5 Å². The van der Waals surface area contributed by atoms with Crippen molar-refractivity contribution < 1.29 is 19.1 Å². The van der Waals surface area contributed by atoms with Gasteiger partial charge in [-0.1, -0.05) is 18.2 Å². The minimum Gasteiger partial charge on any atom is -0.422 e. The lowest BCUT2D eigenvalue weighted by molar-refractivity contribution is -0.136. The molecular weight excluding hydrogens is 390 g/mol. The summed E-state index contributed by atoms with van der Waals surface area (Å²) in [6, 6.07) is 17.1. The minimum atomic E-state index is -0.885. The highest BCUT2D eigenvalue weighted by atomic mass is 32.1. The largest absolute Gasteiger partial charge is 0.422 e. The maximum Gasteiger partial charge on any atom is 0.353 e. The Balaban J connectivity index is 1.50. The summed E-state index contributed by atoms with van der Waals surface area (Å²) in [4.78, 5) is 36.1. The van der Waals surface area contributed by atoms with Crippen molar-refractivity contribution >= 4 is 41.0 Å². The van der Waals surface area contributed by atoms with E-state index >= 15 is 0 Å². The van der Waals surface area contributed by atoms with Gasteiger partial charge in [-0.25, -0.2) is 10.2 Å². The molecule has 29 heavy (non-hydrogen) atoms. The van der Waals surface area contributed by atoms with Crippen molar-refractivity contribution in [3.05, 3.63) is 82.0 Å². The number of esters is 1. The first-order chi connectivity index (χ1) is 14.0. The molecule has 1 heterocycles. The molecule has 146 valence electrons. The topological polar surface area (TPSA) is 96.9 Å². The molecule has 0 aliphatic carbocycles. The van der Waals surface area contributed by atoms with Crippen LogP contribution in [0, 0.1) is 6.92 Å². The van der Waals surface area contributed by atoms with Gasteiger partial charge < -0.3 is 10.1 Å². The smallest absolute Gasteiger partial charge is 0.353 e. The molecule has 0 saturated heterocycles. The second-order valence-corrected chi connectivity index (χ2v) is 6.91. The number of carbonyl (C=O) groups is 3. The molecule has 3 aromatic rings. The van der Waals surface area contributed by atoms with E-state index < -0.39 is 17.8 Å². The summed E-state index contributed by atoms with van der Waals surface area (Å²) in [7, 11) is 0. The monoisotopic (exact) mass is 407 g/mol. The zero-order chi connectivity index (χ0) is 20.6. The summed E-state index contributed by atoms with van der Waals surface area (Å²) >= 11 is 1.30. The van der Waals surface area contributed by atoms with Crippen molar-refractivity contribution in [1.82, 2.24) is 5.43 Å². The van der Waals surface area contributed by atoms with Gasteiger partial charge in [-0.2, -0.15) is 5.10 Å². The number of ether oxygens (including phenoxy) is 1. The molecule has 0 unspecified atom stereocenters. The van der Waals surface area contributed by atoms with Crippen molar-refractivity contribution in [1.29, 1.82) is 0 Å². The average Bonchev–Trinajstić information content (AvgIpc) is 3.24. The van der Waals surface area contributed by atoms with Crippen LogP contribution in [0.2, 0.25) is 0 Å². The summed E-state index contributed by atoms with van der Waals surface area (Å²) in [5, 5.41) is 8.05. The van der Waals surface area contributed by atoms with Crippen molar-refractivity contribution in [2.75, 3.05) is 5.32 Å². The van der Waals surface area contributed by atoms with E-state index in [9.17, 15) is 14.4 Å². The summed E-state index contributed by atoms with van der Waals surface area (Å²) in [6.07, 6.45) is 1.38. The number of hydrogen-bond donors (Lipinski definition) is 2. The van der Waals surface area contributed by atoms with Crippen LogP contribution in [0.5, 0.6) is 5.75 Å². The fraction of sp³-hybridized carbons (Fsp3) is 0.0476. The minimum absolute atomic E-state index is 0.391. The fourth-order valence-corrected chi connectivity index (χ4v) is 2.90. The number of hydrazone groups is 1. The third-order valence-electron chi connectivity index (χ3n) is 3.67. The SMILES string of the molecule is Cc1cccc(NC(=O)C(=O)N/N=C\c2ccc(OC(=O)c3cccs3)cc2)c1. The van der Waals surface area contributed by atoms with Gasteiger partial charge in [0.25, 0.3) is 0 Å². The zero-order valence-corrected chi connectivity index (χ0v) is 16.2. The number of nitrogens with one attached hydrogen (secondary N) is 2. The molecule has 2 amide bonds. The number of anilines is 1. The van der Waals surface area contributed by atoms with Crippen molar-refractivity contribution in [2.45, 2.75) is 6.92 Å². The summed E-state index contributed by atoms with van der Waals surface area (Å²) in [5.74, 6) is -1.73. The van der Waals surface area contributed by atoms with Gasteiger partial charge in [0.05, 0.1) is 6.21 Å². The van der Waals surface area contributed by atoms with Crippen LogP contribution >= 0.6 is 11.3 Å². The Morgan fingerprint density at radius 3 is 2.48 bits per heavy atom. The normalized spacial score (nSPS) is 10.5. The molecule has 0 aliphatic heterocycles. The first kappa shape index (κ1) is 20.0. The number of nitrogens with zero attached hydrogens (tertiary/aromatic N) is 1. The van der Waals surface area contributed by atoms with E-state index in [1.54, 1.807) is 60.0 Å². The molecule has 1 aromatic heterocycles. The van der Waals surface area contributed by atoms with E-state index in [0.29, 0.717) is 21.9 Å². The first-order valence-corrected chi connectivity index (χ1v) is 9.46. The van der Waals surface area contributed by atoms with Gasteiger partial charge in [-0.05, 0) is 65.9 Å². The van der Waals surface area contributed by atoms with Gasteiger partial charge >= 0.3 is 17.8 Å². The van der Waals surface area contributed by atoms with Gasteiger partial charge in [-0.3, -0.25) is 9.59 Å². The van der Waals surface area contributed by atoms with Crippen LogP contribution in [0.25, 0.3) is 0 Å². The molecule has 7 nitrogen and oxygen atoms in total. The lowest BCUT2D eigenvalue weighted by Crippen LogP contribution is -2.32. The summed E-state index contributed by atoms with van der Waals surface area (Å²) < 4.78 is 5.26. The van der Waals surface area contributed by atoms with Gasteiger partial charge in [-0.15, -0.1) is 11.3 Å². The number of amides is 2. The Morgan fingerprint density at radius 2 is 1.79 bits per heavy atom. The van der Waals surface area contributed by atoms with E-state index in [1.807, 2.05) is 13.0 Å². The standard InChI is InChI=1S/C21H17N3O4S/c1-14-4-2-5-16(12-14)23-19(25)20(26)24-22-13-15-7-9-17(10-8-15)28-21(27)18-6-3-11-29-18/h2-13H,1H3,(H,23,25)(H,24,26)/b22-13-. The quantitative estimate of drug-likeness (QED) is 0.223. The Kier molecular flexibility index (Phi) is 6.49. The molecule has 2 N–H and O–H groups in total. The first-order valence-electron chi connectivity index (χ1n) is 8.58. The van der Waals surface area contributed by atoms with Crippen LogP contribution in [0.4, 0.5) is 5.69 Å². The third kappa shape index (κ3) is 5.85. The van der Waals surface area contributed by atoms with Gasteiger partial charge in [0.15, 0.2) is 0 Å². The molecule has 0 aliphatic rings. The van der Waals surface area contributed by atoms with Crippen molar-refractivity contribution in [3.63, 3.8) is 0 Å². The lowest BCUT2D eigenvalue weighted by Gasteiger charge is -2.04. The number of rotatable bonds is 5. The Bertz CT molecular complexity index is 1040. The highest BCUT2D eigenvalue weighted by Crippen LogP contribution is 2.16. The molecule has 2 aromatic carbocycles. The van der Waals surface area contributed by atoms with E-state index in [-0.39, 0.29) is 0 Å². The predicted octanol–water partition coefficient (Wildman–Crippen LogP) is 3.36. The van der Waals surface area contributed by atoms with Crippen LogP contribution in [-0.4, -0.2) is 24.0 Å². The molecule has 3 rings (SSSR count). The maximum atomic E-state index is 11.9. The second kappa shape index (κ2) is 9.43. The molecule has 0 fully saturated rings. The number of benzene rings is 2. The molecular formula is C21H17N3O4S. The zero-order valence-electron chi connectivity index (χ0n) is 15.4. The number of thiophene rings is 1. The Labute approximate surface area is 171 Å². The molecule has 0 radical (unpaired) electrons. The van der Waals surface area contributed by atoms with Crippen LogP contribution in [-0.2, 0) is 9.59 Å². The van der Waals surface area contributed by atoms with E-state index in [1.165, 1.54) is 17.6 Å². The van der Waals surface area contributed by atoms with Crippen LogP contribution in [0.15, 0.2) is 71.1 Å². The second-order valence-electron chi connectivity index (χ2n) is 5.96. The third-order valence-corrected chi connectivity index (χ3v) is 4.52. The molecule has 0 atom stereocenters. The van der Waals surface area contributed by atoms with Crippen LogP contribution in [0.1, 0.15) is 20.8 Å². The van der Waals surface area contributed by atoms with Crippen molar-refractivity contribution in [3.8, 4) is 5.75 Å². The van der Waals surface area contributed by atoms with Crippen LogP contribution in [0.3, 0.4) is 0 Å². The molecule has 0 bridgehead atoms. The highest BCUT2D eigenvalue weighted by Gasteiger charge is 2.13. The summed E-state index contributed by atoms with van der Waals surface area (Å²) in [6.45, 7) is 1.88. The molecule has 0 saturated carbocycles. The lowest BCUT2D eigenvalue weighted by atomic mass is 10.2.